The van der Waals surface area contributed by atoms with Crippen molar-refractivity contribution in [2.75, 3.05) is 4.72 Å². The van der Waals surface area contributed by atoms with Gasteiger partial charge in [0.05, 0.1) is 6.20 Å². The Kier molecular flexibility index (Phi) is 3.18. The van der Waals surface area contributed by atoms with Gasteiger partial charge in [0, 0.05) is 0 Å². The lowest BCUT2D eigenvalue weighted by Crippen LogP contribution is -1.97. The van der Waals surface area contributed by atoms with Crippen LogP contribution in [-0.4, -0.2) is 15.0 Å². The number of nitrogens with one attached hydrogen (secondary N) is 1. The number of anilines is 1. The zero-order valence-corrected chi connectivity index (χ0v) is 8.67. The fourth-order valence-corrected chi connectivity index (χ4v) is 1.85. The zero-order chi connectivity index (χ0) is 9.90. The second-order valence-electron chi connectivity index (χ2n) is 2.17. The van der Waals surface area contributed by atoms with E-state index in [0.717, 1.165) is 0 Å². The molecule has 2 unspecified atom stereocenters. The lowest BCUT2D eigenvalue weighted by Gasteiger charge is -2.12. The van der Waals surface area contributed by atoms with Crippen molar-refractivity contribution in [2.24, 2.45) is 0 Å². The van der Waals surface area contributed by atoms with E-state index in [9.17, 15) is 4.55 Å². The predicted molar refractivity (Wildman–Crippen MR) is 52.2 cm³/mol. The molecule has 0 aliphatic carbocycles. The maximum Gasteiger partial charge on any atom is 0.313 e. The molecule has 1 aromatic heterocycles. The molecule has 1 aliphatic heterocycles. The Morgan fingerprint density at radius 1 is 1.62 bits per heavy atom. The van der Waals surface area contributed by atoms with Gasteiger partial charge in [-0.05, 0) is 6.92 Å². The molecule has 1 fully saturated rings. The lowest BCUT2D eigenvalue weighted by atomic mass is 10.9. The highest BCUT2D eigenvalue weighted by Crippen LogP contribution is 2.65. The fourth-order valence-electron chi connectivity index (χ4n) is 0.690. The van der Waals surface area contributed by atoms with Crippen molar-refractivity contribution < 1.29 is 13.2 Å². The Labute approximate surface area is 79.0 Å². The van der Waals surface area contributed by atoms with Crippen molar-refractivity contribution in [3.8, 4) is 0 Å². The first-order valence-electron chi connectivity index (χ1n) is 4.11. The maximum atomic E-state index is 9.42. The molecule has 76 valence electrons. The molecule has 1 aliphatic rings. The van der Waals surface area contributed by atoms with E-state index in [0.29, 0.717) is 6.01 Å². The van der Waals surface area contributed by atoms with E-state index in [1.807, 2.05) is 13.8 Å². The minimum absolute atomic E-state index is 0.130. The monoisotopic (exact) mass is 206 g/mol. The molecule has 13 heavy (non-hydrogen) atoms. The van der Waals surface area contributed by atoms with E-state index in [-0.39, 0.29) is 5.44 Å². The van der Waals surface area contributed by atoms with Crippen molar-refractivity contribution in [1.29, 1.82) is 0 Å². The highest BCUT2D eigenvalue weighted by atomic mass is 32.3. The minimum Gasteiger partial charge on any atom is -0.431 e. The molecule has 5 nitrogen and oxygen atoms in total. The molecule has 2 rings (SSSR count). The lowest BCUT2D eigenvalue weighted by molar-refractivity contribution is 0.464. The Morgan fingerprint density at radius 3 is 2.62 bits per heavy atom. The van der Waals surface area contributed by atoms with E-state index in [4.69, 9.17) is 8.60 Å². The smallest absolute Gasteiger partial charge is 0.313 e. The summed E-state index contributed by atoms with van der Waals surface area (Å²) in [6.07, 6.45) is 2.93. The zero-order valence-electron chi connectivity index (χ0n) is 7.85. The molecule has 2 atom stereocenters. The number of nitrogens with zero attached hydrogens (tertiary/aromatic N) is 1. The third-order valence-corrected chi connectivity index (χ3v) is 3.22. The van der Waals surface area contributed by atoms with Crippen LogP contribution >= 0.6 is 10.8 Å². The van der Waals surface area contributed by atoms with Gasteiger partial charge in [-0.15, -0.1) is 0 Å². The predicted octanol–water partition coefficient (Wildman–Crippen LogP) is 2.60. The number of rotatable bonds is 2. The third-order valence-electron chi connectivity index (χ3n) is 1.36. The Hall–Kier alpha value is -0.720. The Balaban J connectivity index is 0.000000396. The summed E-state index contributed by atoms with van der Waals surface area (Å²) in [6.45, 7) is 5.78. The van der Waals surface area contributed by atoms with Gasteiger partial charge in [-0.1, -0.05) is 24.6 Å². The van der Waals surface area contributed by atoms with Gasteiger partial charge < -0.3 is 4.42 Å². The van der Waals surface area contributed by atoms with Gasteiger partial charge >= 0.3 is 6.01 Å². The van der Waals surface area contributed by atoms with Gasteiger partial charge in [0.15, 0.2) is 5.44 Å². The fraction of sp³-hybridized carbons (Fsp3) is 0.571. The topological polar surface area (TPSA) is 70.8 Å². The number of hydrogen-bond acceptors (Lipinski definition) is 5. The largest absolute Gasteiger partial charge is 0.431 e. The highest BCUT2D eigenvalue weighted by Gasteiger charge is 2.44. The molecule has 0 spiro atoms. The summed E-state index contributed by atoms with van der Waals surface area (Å²) in [6, 6.07) is 0.298. The standard InChI is InChI=1S/C5H8N2O3S.C2H6/c1-4-10-11(4,8)7-5-6-2-3-9-5;1-2/h2-4,8H,1H3,(H,6,7);1-2H3. The Bertz CT molecular complexity index is 254. The first-order chi connectivity index (χ1) is 6.21. The molecular formula is C7H14N2O3S. The van der Waals surface area contributed by atoms with E-state index >= 15 is 0 Å². The first-order valence-corrected chi connectivity index (χ1v) is 5.69. The SMILES string of the molecule is CC.CC1OS1(O)Nc1ncco1. The van der Waals surface area contributed by atoms with E-state index in [1.54, 1.807) is 6.92 Å². The van der Waals surface area contributed by atoms with Gasteiger partial charge in [-0.2, -0.15) is 0 Å². The van der Waals surface area contributed by atoms with Crippen LogP contribution in [0.15, 0.2) is 16.9 Å². The third kappa shape index (κ3) is 2.36. The van der Waals surface area contributed by atoms with Crippen LogP contribution in [0.2, 0.25) is 0 Å². The normalized spacial score (nSPS) is 35.2. The second-order valence-corrected chi connectivity index (χ2v) is 4.37. The molecule has 1 aromatic rings. The molecule has 0 radical (unpaired) electrons. The number of hydrogen-bond donors (Lipinski definition) is 2. The van der Waals surface area contributed by atoms with Crippen LogP contribution in [0.25, 0.3) is 0 Å². The van der Waals surface area contributed by atoms with Crippen LogP contribution < -0.4 is 4.72 Å². The highest BCUT2D eigenvalue weighted by molar-refractivity contribution is 8.31. The van der Waals surface area contributed by atoms with Crippen molar-refractivity contribution in [3.63, 3.8) is 0 Å². The average Bonchev–Trinajstić information content (AvgIpc) is 2.58. The van der Waals surface area contributed by atoms with Gasteiger partial charge in [-0.25, -0.2) is 13.9 Å². The van der Waals surface area contributed by atoms with Crippen molar-refractivity contribution in [2.45, 2.75) is 26.2 Å². The summed E-state index contributed by atoms with van der Waals surface area (Å²) in [5.41, 5.74) is -0.130. The quantitative estimate of drug-likeness (QED) is 0.728. The summed E-state index contributed by atoms with van der Waals surface area (Å²) < 4.78 is 21.8. The van der Waals surface area contributed by atoms with Crippen molar-refractivity contribution in [3.05, 3.63) is 12.5 Å². The molecule has 0 bridgehead atoms. The first kappa shape index (κ1) is 10.4. The average molecular weight is 206 g/mol. The molecule has 1 saturated heterocycles. The van der Waals surface area contributed by atoms with Gasteiger partial charge in [0.1, 0.15) is 6.26 Å². The van der Waals surface area contributed by atoms with Crippen LogP contribution in [0.4, 0.5) is 6.01 Å². The summed E-state index contributed by atoms with van der Waals surface area (Å²) in [7, 11) is -2.08. The van der Waals surface area contributed by atoms with Gasteiger partial charge in [-0.3, -0.25) is 4.55 Å². The van der Waals surface area contributed by atoms with Crippen LogP contribution in [-0.2, 0) is 4.18 Å². The minimum atomic E-state index is -2.08. The molecule has 6 heteroatoms. The van der Waals surface area contributed by atoms with Crippen LogP contribution in [0.5, 0.6) is 0 Å². The molecule has 2 heterocycles. The molecule has 0 saturated carbocycles. The summed E-state index contributed by atoms with van der Waals surface area (Å²) in [4.78, 5) is 3.78. The molecule has 0 aromatic carbocycles. The maximum absolute atomic E-state index is 9.42. The van der Waals surface area contributed by atoms with Gasteiger partial charge in [0.25, 0.3) is 0 Å². The molecule has 2 N–H and O–H groups in total. The number of oxazole rings is 1. The summed E-state index contributed by atoms with van der Waals surface area (Å²) in [5, 5.41) is 0. The van der Waals surface area contributed by atoms with Crippen LogP contribution in [0.1, 0.15) is 20.8 Å². The van der Waals surface area contributed by atoms with E-state index in [1.165, 1.54) is 12.5 Å². The summed E-state index contributed by atoms with van der Waals surface area (Å²) >= 11 is 0. The van der Waals surface area contributed by atoms with Crippen LogP contribution in [0.3, 0.4) is 0 Å². The number of aromatic nitrogens is 1. The second kappa shape index (κ2) is 3.99. The van der Waals surface area contributed by atoms with Crippen molar-refractivity contribution >= 4 is 16.8 Å². The van der Waals surface area contributed by atoms with E-state index in [2.05, 4.69) is 9.71 Å². The summed E-state index contributed by atoms with van der Waals surface area (Å²) in [5.74, 6) is 0. The molecule has 0 amide bonds. The molecular weight excluding hydrogens is 192 g/mol. The van der Waals surface area contributed by atoms with Crippen molar-refractivity contribution in [1.82, 2.24) is 4.98 Å². The van der Waals surface area contributed by atoms with Crippen LogP contribution in [0, 0.1) is 0 Å². The Morgan fingerprint density at radius 2 is 2.23 bits per heavy atom. The van der Waals surface area contributed by atoms with E-state index < -0.39 is 10.8 Å². The van der Waals surface area contributed by atoms with Gasteiger partial charge in [0.2, 0.25) is 0 Å².